The highest BCUT2D eigenvalue weighted by atomic mass is 32.1. The lowest BCUT2D eigenvalue weighted by Gasteiger charge is -1.97. The molecule has 0 fully saturated rings. The molecule has 3 rings (SSSR count). The fraction of sp³-hybridized carbons (Fsp3) is 0.154. The molecule has 18 heavy (non-hydrogen) atoms. The van der Waals surface area contributed by atoms with Crippen LogP contribution >= 0.6 is 11.3 Å². The molecule has 0 bridgehead atoms. The van der Waals surface area contributed by atoms with Gasteiger partial charge in [-0.1, -0.05) is 6.07 Å². The van der Waals surface area contributed by atoms with E-state index < -0.39 is 0 Å². The number of aryl methyl sites for hydroxylation is 1. The molecule has 2 aromatic heterocycles. The number of aromatic nitrogens is 2. The van der Waals surface area contributed by atoms with Crippen LogP contribution in [0, 0.1) is 6.92 Å². The third kappa shape index (κ3) is 1.73. The summed E-state index contributed by atoms with van der Waals surface area (Å²) in [6, 6.07) is 5.73. The van der Waals surface area contributed by atoms with Gasteiger partial charge in [-0.25, -0.2) is 9.97 Å². The summed E-state index contributed by atoms with van der Waals surface area (Å²) < 4.78 is 5.27. The van der Waals surface area contributed by atoms with Gasteiger partial charge in [0.15, 0.2) is 22.8 Å². The van der Waals surface area contributed by atoms with Gasteiger partial charge in [0.2, 0.25) is 0 Å². The van der Waals surface area contributed by atoms with Crippen molar-refractivity contribution in [2.45, 2.75) is 13.8 Å². The second-order valence-electron chi connectivity index (χ2n) is 4.01. The van der Waals surface area contributed by atoms with E-state index in [9.17, 15) is 4.79 Å². The first-order valence-electron chi connectivity index (χ1n) is 5.47. The molecule has 90 valence electrons. The molecule has 0 saturated heterocycles. The zero-order chi connectivity index (χ0) is 12.7. The van der Waals surface area contributed by atoms with Crippen LogP contribution < -0.4 is 0 Å². The van der Waals surface area contributed by atoms with E-state index >= 15 is 0 Å². The number of hydrogen-bond acceptors (Lipinski definition) is 5. The Balaban J connectivity index is 2.15. The van der Waals surface area contributed by atoms with Crippen molar-refractivity contribution in [1.29, 1.82) is 0 Å². The molecule has 0 saturated carbocycles. The molecule has 3 aromatic rings. The number of carbonyl (C=O) groups excluding carboxylic acids is 1. The molecule has 4 nitrogen and oxygen atoms in total. The van der Waals surface area contributed by atoms with Gasteiger partial charge in [0, 0.05) is 17.4 Å². The summed E-state index contributed by atoms with van der Waals surface area (Å²) in [6.45, 7) is 3.49. The molecule has 0 radical (unpaired) electrons. The maximum absolute atomic E-state index is 11.3. The minimum atomic E-state index is -0.00454. The van der Waals surface area contributed by atoms with Gasteiger partial charge in [-0.2, -0.15) is 0 Å². The number of thiazole rings is 1. The molecule has 2 heterocycles. The fourth-order valence-corrected chi connectivity index (χ4v) is 2.65. The molecule has 0 aliphatic rings. The number of rotatable bonds is 2. The van der Waals surface area contributed by atoms with E-state index in [1.54, 1.807) is 0 Å². The zero-order valence-corrected chi connectivity index (χ0v) is 10.7. The molecule has 0 unspecified atom stereocenters. The van der Waals surface area contributed by atoms with Gasteiger partial charge >= 0.3 is 0 Å². The number of nitrogens with zero attached hydrogens (tertiary/aromatic N) is 2. The minimum absolute atomic E-state index is 0.00454. The first-order chi connectivity index (χ1) is 8.65. The third-order valence-corrected chi connectivity index (χ3v) is 3.77. The zero-order valence-electron chi connectivity index (χ0n) is 9.93. The highest BCUT2D eigenvalue weighted by Gasteiger charge is 2.13. The molecule has 1 aromatic carbocycles. The lowest BCUT2D eigenvalue weighted by Crippen LogP contribution is -1.89. The molecule has 0 aliphatic carbocycles. The van der Waals surface area contributed by atoms with E-state index in [4.69, 9.17) is 4.42 Å². The van der Waals surface area contributed by atoms with E-state index in [1.807, 2.05) is 25.1 Å². The molecule has 0 spiro atoms. The van der Waals surface area contributed by atoms with E-state index in [2.05, 4.69) is 9.97 Å². The molecule has 0 aliphatic heterocycles. The second-order valence-corrected chi connectivity index (χ2v) is 5.22. The van der Waals surface area contributed by atoms with Crippen LogP contribution in [-0.2, 0) is 0 Å². The number of benzene rings is 1. The predicted octanol–water partition coefficient (Wildman–Crippen LogP) is 3.46. The van der Waals surface area contributed by atoms with E-state index in [1.165, 1.54) is 24.7 Å². The third-order valence-electron chi connectivity index (χ3n) is 2.70. The van der Waals surface area contributed by atoms with Gasteiger partial charge in [0.05, 0.1) is 5.69 Å². The Kier molecular flexibility index (Phi) is 2.48. The fourth-order valence-electron chi connectivity index (χ4n) is 1.82. The first-order valence-corrected chi connectivity index (χ1v) is 6.29. The van der Waals surface area contributed by atoms with E-state index in [0.717, 1.165) is 27.2 Å². The summed E-state index contributed by atoms with van der Waals surface area (Å²) in [5.74, 6) is -0.00454. The van der Waals surface area contributed by atoms with E-state index in [0.29, 0.717) is 5.01 Å². The lowest BCUT2D eigenvalue weighted by molar-refractivity contribution is 0.101. The van der Waals surface area contributed by atoms with Crippen molar-refractivity contribution in [2.24, 2.45) is 0 Å². The Labute approximate surface area is 107 Å². The van der Waals surface area contributed by atoms with Gasteiger partial charge in [0.25, 0.3) is 0 Å². The van der Waals surface area contributed by atoms with Crippen LogP contribution in [0.2, 0.25) is 0 Å². The van der Waals surface area contributed by atoms with Crippen LogP contribution in [0.1, 0.15) is 21.6 Å². The number of Topliss-reactive ketones (excluding diaryl/α,β-unsaturated/α-hetero) is 1. The Bertz CT molecular complexity index is 742. The smallest absolute Gasteiger partial charge is 0.188 e. The summed E-state index contributed by atoms with van der Waals surface area (Å²) in [5.41, 5.74) is 3.33. The van der Waals surface area contributed by atoms with Crippen molar-refractivity contribution in [3.63, 3.8) is 0 Å². The maximum Gasteiger partial charge on any atom is 0.188 e. The predicted molar refractivity (Wildman–Crippen MR) is 69.9 cm³/mol. The molecule has 5 heteroatoms. The summed E-state index contributed by atoms with van der Waals surface area (Å²) in [4.78, 5) is 20.8. The summed E-state index contributed by atoms with van der Waals surface area (Å²) in [5, 5.41) is 0.542. The second kappa shape index (κ2) is 4.03. The summed E-state index contributed by atoms with van der Waals surface area (Å²) >= 11 is 1.42. The van der Waals surface area contributed by atoms with Crippen LogP contribution in [0.25, 0.3) is 22.4 Å². The van der Waals surface area contributed by atoms with Crippen molar-refractivity contribution >= 4 is 28.2 Å². The summed E-state index contributed by atoms with van der Waals surface area (Å²) in [7, 11) is 0. The Hall–Kier alpha value is -2.01. The monoisotopic (exact) mass is 258 g/mol. The Morgan fingerprint density at radius 2 is 2.22 bits per heavy atom. The minimum Gasteiger partial charge on any atom is -0.443 e. The normalized spacial score (nSPS) is 11.0. The van der Waals surface area contributed by atoms with Crippen LogP contribution in [0.4, 0.5) is 0 Å². The van der Waals surface area contributed by atoms with Crippen LogP contribution in [0.5, 0.6) is 0 Å². The van der Waals surface area contributed by atoms with Crippen LogP contribution in [-0.4, -0.2) is 15.8 Å². The number of ketones is 1. The van der Waals surface area contributed by atoms with Crippen molar-refractivity contribution < 1.29 is 9.21 Å². The van der Waals surface area contributed by atoms with Gasteiger partial charge in [-0.05, 0) is 19.1 Å². The number of fused-ring (bicyclic) bond motifs is 1. The average molecular weight is 258 g/mol. The SMILES string of the molecule is CC(=O)c1nc(-c2ccc3ncoc3c2)c(C)s1. The molecule has 0 N–H and O–H groups in total. The van der Waals surface area contributed by atoms with Crippen LogP contribution in [0.15, 0.2) is 29.0 Å². The summed E-state index contributed by atoms with van der Waals surface area (Å²) in [6.07, 6.45) is 1.42. The largest absolute Gasteiger partial charge is 0.443 e. The average Bonchev–Trinajstić information content (AvgIpc) is 2.93. The highest BCUT2D eigenvalue weighted by molar-refractivity contribution is 7.14. The molecule has 0 atom stereocenters. The maximum atomic E-state index is 11.3. The standard InChI is InChI=1S/C13H10N2O2S/c1-7(16)13-15-12(8(2)18-13)9-3-4-10-11(5-9)17-6-14-10/h3-6H,1-2H3. The molecule has 0 amide bonds. The molecular formula is C13H10N2O2S. The Morgan fingerprint density at radius 3 is 2.94 bits per heavy atom. The number of carbonyl (C=O) groups is 1. The first kappa shape index (κ1) is 11.1. The van der Waals surface area contributed by atoms with Crippen LogP contribution in [0.3, 0.4) is 0 Å². The van der Waals surface area contributed by atoms with Crippen molar-refractivity contribution in [3.8, 4) is 11.3 Å². The quantitative estimate of drug-likeness (QED) is 0.660. The topological polar surface area (TPSA) is 56.0 Å². The van der Waals surface area contributed by atoms with E-state index in [-0.39, 0.29) is 5.78 Å². The van der Waals surface area contributed by atoms with Crippen molar-refractivity contribution in [3.05, 3.63) is 34.5 Å². The number of oxazole rings is 1. The van der Waals surface area contributed by atoms with Gasteiger partial charge in [-0.15, -0.1) is 11.3 Å². The number of hydrogen-bond donors (Lipinski definition) is 0. The Morgan fingerprint density at radius 1 is 1.39 bits per heavy atom. The van der Waals surface area contributed by atoms with Crippen molar-refractivity contribution in [2.75, 3.05) is 0 Å². The van der Waals surface area contributed by atoms with Gasteiger partial charge in [0.1, 0.15) is 5.52 Å². The highest BCUT2D eigenvalue weighted by Crippen LogP contribution is 2.29. The van der Waals surface area contributed by atoms with Crippen molar-refractivity contribution in [1.82, 2.24) is 9.97 Å². The molecular weight excluding hydrogens is 248 g/mol. The lowest BCUT2D eigenvalue weighted by atomic mass is 10.1. The van der Waals surface area contributed by atoms with Gasteiger partial charge in [-0.3, -0.25) is 4.79 Å². The van der Waals surface area contributed by atoms with Gasteiger partial charge < -0.3 is 4.42 Å².